The van der Waals surface area contributed by atoms with E-state index in [2.05, 4.69) is 6.92 Å². The van der Waals surface area contributed by atoms with E-state index in [1.54, 1.807) is 0 Å². The van der Waals surface area contributed by atoms with Gasteiger partial charge in [0.15, 0.2) is 0 Å². The summed E-state index contributed by atoms with van der Waals surface area (Å²) in [7, 11) is 0. The molecule has 13 heavy (non-hydrogen) atoms. The predicted octanol–water partition coefficient (Wildman–Crippen LogP) is 2.40. The summed E-state index contributed by atoms with van der Waals surface area (Å²) in [6.07, 6.45) is 0.878. The second kappa shape index (κ2) is 3.35. The Kier molecular flexibility index (Phi) is 2.35. The van der Waals surface area contributed by atoms with Gasteiger partial charge in [0.25, 0.3) is 0 Å². The summed E-state index contributed by atoms with van der Waals surface area (Å²) >= 11 is 1.85. The molecule has 0 aromatic heterocycles. The Labute approximate surface area is 83.2 Å². The normalized spacial score (nSPS) is 33.5. The largest absolute Gasteiger partial charge is 0.384 e. The molecule has 0 bridgehead atoms. The lowest BCUT2D eigenvalue weighted by Gasteiger charge is -2.27. The van der Waals surface area contributed by atoms with Crippen LogP contribution in [0.1, 0.15) is 18.9 Å². The van der Waals surface area contributed by atoms with Gasteiger partial charge >= 0.3 is 0 Å². The number of benzene rings is 1. The summed E-state index contributed by atoms with van der Waals surface area (Å²) in [4.78, 5) is 0. The topological polar surface area (TPSA) is 20.2 Å². The highest BCUT2D eigenvalue weighted by Gasteiger charge is 2.40. The van der Waals surface area contributed by atoms with Crippen LogP contribution in [0, 0.1) is 0 Å². The Bertz CT molecular complexity index is 285. The van der Waals surface area contributed by atoms with Gasteiger partial charge in [-0.2, -0.15) is 11.8 Å². The third-order valence-electron chi connectivity index (χ3n) is 2.80. The first-order valence-corrected chi connectivity index (χ1v) is 5.68. The van der Waals surface area contributed by atoms with Crippen molar-refractivity contribution in [3.63, 3.8) is 0 Å². The molecule has 1 N–H and O–H groups in total. The third-order valence-corrected chi connectivity index (χ3v) is 4.13. The molecule has 2 heteroatoms. The molecule has 1 aromatic carbocycles. The van der Waals surface area contributed by atoms with Crippen LogP contribution < -0.4 is 0 Å². The lowest BCUT2D eigenvalue weighted by Crippen LogP contribution is -2.31. The fraction of sp³-hybridized carbons (Fsp3) is 0.455. The van der Waals surface area contributed by atoms with Crippen molar-refractivity contribution >= 4 is 11.8 Å². The van der Waals surface area contributed by atoms with Gasteiger partial charge in [0.05, 0.1) is 0 Å². The average molecular weight is 194 g/mol. The molecule has 70 valence electrons. The molecule has 0 unspecified atom stereocenters. The first-order valence-electron chi connectivity index (χ1n) is 4.63. The van der Waals surface area contributed by atoms with Crippen molar-refractivity contribution in [2.45, 2.75) is 24.2 Å². The third kappa shape index (κ3) is 1.49. The van der Waals surface area contributed by atoms with E-state index in [4.69, 9.17) is 0 Å². The molecule has 2 atom stereocenters. The van der Waals surface area contributed by atoms with Crippen LogP contribution in [0.4, 0.5) is 0 Å². The molecule has 1 saturated heterocycles. The highest BCUT2D eigenvalue weighted by atomic mass is 32.2. The van der Waals surface area contributed by atoms with Crippen LogP contribution >= 0.6 is 11.8 Å². The van der Waals surface area contributed by atoms with Crippen molar-refractivity contribution in [3.8, 4) is 0 Å². The minimum atomic E-state index is -0.591. The molecule has 2 rings (SSSR count). The van der Waals surface area contributed by atoms with Gasteiger partial charge in [0.2, 0.25) is 0 Å². The molecule has 1 heterocycles. The van der Waals surface area contributed by atoms with Gasteiger partial charge in [-0.3, -0.25) is 0 Å². The van der Waals surface area contributed by atoms with Crippen molar-refractivity contribution in [1.29, 1.82) is 0 Å². The van der Waals surface area contributed by atoms with Crippen molar-refractivity contribution in [1.82, 2.24) is 0 Å². The van der Waals surface area contributed by atoms with E-state index in [-0.39, 0.29) is 0 Å². The summed E-state index contributed by atoms with van der Waals surface area (Å²) in [5.74, 6) is 1.06. The molecule has 1 fully saturated rings. The predicted molar refractivity (Wildman–Crippen MR) is 56.9 cm³/mol. The van der Waals surface area contributed by atoms with Gasteiger partial charge in [0, 0.05) is 5.25 Å². The summed E-state index contributed by atoms with van der Waals surface area (Å²) < 4.78 is 0. The molecule has 0 saturated carbocycles. The summed E-state index contributed by atoms with van der Waals surface area (Å²) in [5.41, 5.74) is 0.471. The molecule has 0 radical (unpaired) electrons. The monoisotopic (exact) mass is 194 g/mol. The standard InChI is InChI=1S/C11H14OS/c1-9-11(12,7-8-13-9)10-5-3-2-4-6-10/h2-6,9,12H,7-8H2,1H3/t9-,11-/m0/s1. The van der Waals surface area contributed by atoms with Gasteiger partial charge in [0.1, 0.15) is 5.60 Å². The number of aliphatic hydroxyl groups is 1. The van der Waals surface area contributed by atoms with Crippen molar-refractivity contribution in [3.05, 3.63) is 35.9 Å². The van der Waals surface area contributed by atoms with Crippen molar-refractivity contribution < 1.29 is 5.11 Å². The lowest BCUT2D eigenvalue weighted by atomic mass is 9.89. The molecule has 1 aliphatic heterocycles. The molecule has 0 amide bonds. The summed E-state index contributed by atoms with van der Waals surface area (Å²) in [6, 6.07) is 10.00. The highest BCUT2D eigenvalue weighted by Crippen LogP contribution is 2.42. The van der Waals surface area contributed by atoms with Crippen LogP contribution in [-0.2, 0) is 5.60 Å². The highest BCUT2D eigenvalue weighted by molar-refractivity contribution is 8.00. The van der Waals surface area contributed by atoms with Crippen LogP contribution in [0.5, 0.6) is 0 Å². The van der Waals surface area contributed by atoms with Gasteiger partial charge in [-0.15, -0.1) is 0 Å². The van der Waals surface area contributed by atoms with Gasteiger partial charge < -0.3 is 5.11 Å². The summed E-state index contributed by atoms with van der Waals surface area (Å²) in [6.45, 7) is 2.10. The molecule has 1 aliphatic rings. The number of hydrogen-bond donors (Lipinski definition) is 1. The SMILES string of the molecule is C[C@@H]1SCC[C@@]1(O)c1ccccc1. The average Bonchev–Trinajstić information content (AvgIpc) is 2.50. The summed E-state index contributed by atoms with van der Waals surface area (Å²) in [5, 5.41) is 10.7. The zero-order valence-electron chi connectivity index (χ0n) is 7.73. The van der Waals surface area contributed by atoms with Crippen molar-refractivity contribution in [2.75, 3.05) is 5.75 Å². The zero-order valence-corrected chi connectivity index (χ0v) is 8.55. The Hall–Kier alpha value is -0.470. The van der Waals surface area contributed by atoms with E-state index in [1.165, 1.54) is 0 Å². The fourth-order valence-electron chi connectivity index (χ4n) is 1.84. The molecular weight excluding hydrogens is 180 g/mol. The van der Waals surface area contributed by atoms with E-state index in [0.29, 0.717) is 5.25 Å². The van der Waals surface area contributed by atoms with E-state index < -0.39 is 5.60 Å². The van der Waals surface area contributed by atoms with Crippen LogP contribution in [-0.4, -0.2) is 16.1 Å². The zero-order chi connectivity index (χ0) is 9.31. The van der Waals surface area contributed by atoms with Crippen molar-refractivity contribution in [2.24, 2.45) is 0 Å². The molecule has 0 aliphatic carbocycles. The van der Waals surface area contributed by atoms with Gasteiger partial charge in [-0.05, 0) is 17.7 Å². The van der Waals surface area contributed by atoms with Crippen LogP contribution in [0.25, 0.3) is 0 Å². The first-order chi connectivity index (χ1) is 6.23. The number of thioether (sulfide) groups is 1. The Morgan fingerprint density at radius 1 is 1.38 bits per heavy atom. The minimum Gasteiger partial charge on any atom is -0.384 e. The second-order valence-electron chi connectivity index (χ2n) is 3.55. The van der Waals surface area contributed by atoms with E-state index >= 15 is 0 Å². The van der Waals surface area contributed by atoms with Crippen LogP contribution in [0.2, 0.25) is 0 Å². The fourth-order valence-corrected chi connectivity index (χ4v) is 3.15. The van der Waals surface area contributed by atoms with Gasteiger partial charge in [-0.1, -0.05) is 37.3 Å². The van der Waals surface area contributed by atoms with Crippen LogP contribution in [0.15, 0.2) is 30.3 Å². The Morgan fingerprint density at radius 2 is 2.08 bits per heavy atom. The Morgan fingerprint density at radius 3 is 2.62 bits per heavy atom. The number of hydrogen-bond acceptors (Lipinski definition) is 2. The maximum atomic E-state index is 10.4. The molecule has 1 nitrogen and oxygen atoms in total. The molecular formula is C11H14OS. The van der Waals surface area contributed by atoms with Crippen LogP contribution in [0.3, 0.4) is 0 Å². The van der Waals surface area contributed by atoms with E-state index in [0.717, 1.165) is 17.7 Å². The van der Waals surface area contributed by atoms with Gasteiger partial charge in [-0.25, -0.2) is 0 Å². The second-order valence-corrected chi connectivity index (χ2v) is 5.00. The lowest BCUT2D eigenvalue weighted by molar-refractivity contribution is 0.0427. The maximum absolute atomic E-state index is 10.4. The maximum Gasteiger partial charge on any atom is 0.102 e. The van der Waals surface area contributed by atoms with E-state index in [9.17, 15) is 5.11 Å². The number of rotatable bonds is 1. The molecule has 0 spiro atoms. The minimum absolute atomic E-state index is 0.315. The smallest absolute Gasteiger partial charge is 0.102 e. The quantitative estimate of drug-likeness (QED) is 0.741. The van der Waals surface area contributed by atoms with E-state index in [1.807, 2.05) is 42.1 Å². The Balaban J connectivity index is 2.34. The molecule has 1 aromatic rings. The first kappa shape index (κ1) is 9.10.